The molecule has 1 aromatic carbocycles. The molecule has 1 aromatic rings. The number of rotatable bonds is 10. The highest BCUT2D eigenvalue weighted by molar-refractivity contribution is 5.77. The second kappa shape index (κ2) is 10.7. The van der Waals surface area contributed by atoms with Gasteiger partial charge in [0.25, 0.3) is 0 Å². The minimum atomic E-state index is -0.142. The Morgan fingerprint density at radius 2 is 1.95 bits per heavy atom. The van der Waals surface area contributed by atoms with E-state index < -0.39 is 0 Å². The molecule has 2 bridgehead atoms. The number of benzene rings is 1. The van der Waals surface area contributed by atoms with E-state index in [1.807, 2.05) is 0 Å². The lowest BCUT2D eigenvalue weighted by Gasteiger charge is -2.60. The van der Waals surface area contributed by atoms with Gasteiger partial charge in [0.05, 0.1) is 13.2 Å². The quantitative estimate of drug-likeness (QED) is 0.351. The second-order valence-corrected chi connectivity index (χ2v) is 14.0. The Bertz CT molecular complexity index is 1110. The minimum Gasteiger partial charge on any atom is -0.508 e. The number of hydrogen-bond donors (Lipinski definition) is 1. The first-order chi connectivity index (χ1) is 19.5. The molecule has 3 saturated carbocycles. The lowest BCUT2D eigenvalue weighted by molar-refractivity contribution is -0.142. The van der Waals surface area contributed by atoms with Crippen LogP contribution >= 0.6 is 0 Å². The van der Waals surface area contributed by atoms with Crippen molar-refractivity contribution in [3.05, 3.63) is 17.2 Å². The molecule has 6 nitrogen and oxygen atoms in total. The van der Waals surface area contributed by atoms with E-state index in [-0.39, 0.29) is 17.6 Å². The summed E-state index contributed by atoms with van der Waals surface area (Å²) in [5, 5.41) is 11.2. The fourth-order valence-corrected chi connectivity index (χ4v) is 9.90. The minimum absolute atomic E-state index is 0.0623. The summed E-state index contributed by atoms with van der Waals surface area (Å²) >= 11 is 0. The number of nitrogens with zero attached hydrogens (tertiary/aromatic N) is 2. The number of phenolic OH excluding ortho intramolecular Hbond substituents is 1. The zero-order valence-corrected chi connectivity index (χ0v) is 24.8. The number of aromatic hydroxyl groups is 1. The highest BCUT2D eigenvalue weighted by Crippen LogP contribution is 2.65. The summed E-state index contributed by atoms with van der Waals surface area (Å²) in [6, 6.07) is 2.30. The summed E-state index contributed by atoms with van der Waals surface area (Å²) in [4.78, 5) is 18.7. The standard InChI is InChI=1S/C34H50N2O4/c1-3-36(30(38)12-8-7-11-22-9-5-4-6-10-22)26-16-15-25-27-19-24-28(37)20-29(39-2)32-31(24)34(25,33(26)40-32)17-18-35(27)21-23-13-14-23/h20,22-23,25-27,33,37H,3-19,21H2,1-2H3/t25-,26-,27+,33-,34-/m0/s1. The molecule has 0 aromatic heterocycles. The van der Waals surface area contributed by atoms with Gasteiger partial charge in [-0.05, 0) is 76.2 Å². The molecule has 1 saturated heterocycles. The number of amides is 1. The zero-order valence-electron chi connectivity index (χ0n) is 24.8. The molecular weight excluding hydrogens is 500 g/mol. The monoisotopic (exact) mass is 550 g/mol. The number of piperidine rings is 1. The van der Waals surface area contributed by atoms with Crippen molar-refractivity contribution in [2.24, 2.45) is 17.8 Å². The van der Waals surface area contributed by atoms with Crippen LogP contribution in [-0.2, 0) is 16.6 Å². The van der Waals surface area contributed by atoms with Crippen LogP contribution in [0.2, 0.25) is 0 Å². The number of unbranched alkanes of at least 4 members (excludes halogenated alkanes) is 1. The Kier molecular flexibility index (Phi) is 7.21. The van der Waals surface area contributed by atoms with Crippen molar-refractivity contribution in [2.75, 3.05) is 26.7 Å². The first kappa shape index (κ1) is 26.9. The molecule has 1 spiro atoms. The van der Waals surface area contributed by atoms with Crippen LogP contribution < -0.4 is 9.47 Å². The van der Waals surface area contributed by atoms with Gasteiger partial charge < -0.3 is 19.5 Å². The maximum atomic E-state index is 13.8. The first-order valence-electron chi connectivity index (χ1n) is 16.7. The van der Waals surface area contributed by atoms with E-state index in [0.717, 1.165) is 68.3 Å². The number of ether oxygens (including phenoxy) is 2. The van der Waals surface area contributed by atoms with Crippen LogP contribution in [0, 0.1) is 17.8 Å². The van der Waals surface area contributed by atoms with Crippen molar-refractivity contribution in [3.8, 4) is 17.2 Å². The second-order valence-electron chi connectivity index (χ2n) is 14.0. The average molecular weight is 551 g/mol. The molecule has 5 atom stereocenters. The van der Waals surface area contributed by atoms with Crippen molar-refractivity contribution in [1.82, 2.24) is 9.80 Å². The number of hydrogen-bond acceptors (Lipinski definition) is 5. The van der Waals surface area contributed by atoms with Crippen LogP contribution in [0.25, 0.3) is 0 Å². The van der Waals surface area contributed by atoms with Crippen LogP contribution in [0.3, 0.4) is 0 Å². The Balaban J connectivity index is 1.14. The number of phenols is 1. The molecule has 40 heavy (non-hydrogen) atoms. The maximum absolute atomic E-state index is 13.8. The van der Waals surface area contributed by atoms with Crippen molar-refractivity contribution < 1.29 is 19.4 Å². The molecule has 1 amide bonds. The normalized spacial score (nSPS) is 32.9. The Hall–Kier alpha value is -1.95. The largest absolute Gasteiger partial charge is 0.508 e. The Labute approximate surface area is 240 Å². The van der Waals surface area contributed by atoms with Crippen LogP contribution in [0.15, 0.2) is 6.07 Å². The third-order valence-electron chi connectivity index (χ3n) is 11.9. The van der Waals surface area contributed by atoms with Gasteiger partial charge in [-0.2, -0.15) is 0 Å². The smallest absolute Gasteiger partial charge is 0.222 e. The van der Waals surface area contributed by atoms with E-state index in [2.05, 4.69) is 16.7 Å². The van der Waals surface area contributed by atoms with Crippen LogP contribution in [0.5, 0.6) is 17.2 Å². The molecule has 4 fully saturated rings. The highest BCUT2D eigenvalue weighted by Gasteiger charge is 2.67. The molecule has 7 rings (SSSR count). The summed E-state index contributed by atoms with van der Waals surface area (Å²) in [7, 11) is 1.68. The molecule has 0 radical (unpaired) electrons. The lowest BCUT2D eigenvalue weighted by atomic mass is 9.50. The molecule has 1 N–H and O–H groups in total. The first-order valence-corrected chi connectivity index (χ1v) is 16.7. The molecule has 2 aliphatic heterocycles. The number of methoxy groups -OCH3 is 1. The van der Waals surface area contributed by atoms with Crippen molar-refractivity contribution in [2.45, 2.75) is 127 Å². The van der Waals surface area contributed by atoms with Gasteiger partial charge in [0.2, 0.25) is 5.91 Å². The third-order valence-corrected chi connectivity index (χ3v) is 11.9. The van der Waals surface area contributed by atoms with Gasteiger partial charge in [-0.15, -0.1) is 0 Å². The number of carbonyl (C=O) groups is 1. The fourth-order valence-electron chi connectivity index (χ4n) is 9.90. The van der Waals surface area contributed by atoms with E-state index >= 15 is 0 Å². The lowest BCUT2D eigenvalue weighted by Crippen LogP contribution is -2.69. The molecule has 2 heterocycles. The van der Waals surface area contributed by atoms with Crippen molar-refractivity contribution in [3.63, 3.8) is 0 Å². The van der Waals surface area contributed by atoms with Gasteiger partial charge >= 0.3 is 0 Å². The molecule has 0 unspecified atom stereocenters. The topological polar surface area (TPSA) is 62.2 Å². The Morgan fingerprint density at radius 1 is 1.12 bits per heavy atom. The van der Waals surface area contributed by atoms with Crippen LogP contribution in [0.4, 0.5) is 0 Å². The van der Waals surface area contributed by atoms with Crippen molar-refractivity contribution in [1.29, 1.82) is 0 Å². The van der Waals surface area contributed by atoms with E-state index in [1.54, 1.807) is 13.2 Å². The summed E-state index contributed by atoms with van der Waals surface area (Å²) in [6.07, 6.45) is 17.8. The number of carbonyl (C=O) groups excluding carboxylic acids is 1. The predicted octanol–water partition coefficient (Wildman–Crippen LogP) is 6.21. The molecule has 6 heteroatoms. The van der Waals surface area contributed by atoms with E-state index in [4.69, 9.17) is 9.47 Å². The van der Waals surface area contributed by atoms with Crippen LogP contribution in [0.1, 0.15) is 108 Å². The van der Waals surface area contributed by atoms with E-state index in [9.17, 15) is 9.90 Å². The summed E-state index contributed by atoms with van der Waals surface area (Å²) in [5.74, 6) is 4.41. The number of likely N-dealkylation sites (tertiary alicyclic amines) is 1. The van der Waals surface area contributed by atoms with Gasteiger partial charge in [0.15, 0.2) is 11.5 Å². The molecule has 220 valence electrons. The third kappa shape index (κ3) is 4.34. The van der Waals surface area contributed by atoms with Gasteiger partial charge in [-0.3, -0.25) is 9.69 Å². The van der Waals surface area contributed by atoms with E-state index in [0.29, 0.717) is 35.8 Å². The van der Waals surface area contributed by atoms with Crippen molar-refractivity contribution >= 4 is 5.91 Å². The summed E-state index contributed by atoms with van der Waals surface area (Å²) < 4.78 is 12.8. The number of likely N-dealkylation sites (N-methyl/N-ethyl adjacent to an activating group) is 1. The Morgan fingerprint density at radius 3 is 2.70 bits per heavy atom. The SMILES string of the molecule is CCN(C(=O)CCCCC1CCCCC1)[C@H]1CC[C@H]2[C@H]3Cc4c(O)cc(OC)c5c4[C@@]2(CCN3CC2CC2)[C@H]1O5. The average Bonchev–Trinajstić information content (AvgIpc) is 3.73. The van der Waals surface area contributed by atoms with Gasteiger partial charge in [0.1, 0.15) is 11.9 Å². The summed E-state index contributed by atoms with van der Waals surface area (Å²) in [5.41, 5.74) is 2.16. The van der Waals surface area contributed by atoms with Gasteiger partial charge in [0, 0.05) is 48.2 Å². The molecule has 4 aliphatic carbocycles. The fraction of sp³-hybridized carbons (Fsp3) is 0.794. The maximum Gasteiger partial charge on any atom is 0.222 e. The zero-order chi connectivity index (χ0) is 27.4. The summed E-state index contributed by atoms with van der Waals surface area (Å²) in [6.45, 7) is 5.16. The molecule has 6 aliphatic rings. The molecular formula is C34H50N2O4. The van der Waals surface area contributed by atoms with E-state index in [1.165, 1.54) is 69.9 Å². The van der Waals surface area contributed by atoms with Gasteiger partial charge in [-0.1, -0.05) is 44.9 Å². The predicted molar refractivity (Wildman–Crippen MR) is 156 cm³/mol. The van der Waals surface area contributed by atoms with Crippen LogP contribution in [-0.4, -0.2) is 65.7 Å². The van der Waals surface area contributed by atoms with Gasteiger partial charge in [-0.25, -0.2) is 0 Å². The highest BCUT2D eigenvalue weighted by atomic mass is 16.5.